The number of amides is 1. The third-order valence-electron chi connectivity index (χ3n) is 3.41. The van der Waals surface area contributed by atoms with E-state index in [1.165, 1.54) is 0 Å². The average Bonchev–Trinajstić information content (AvgIpc) is 2.42. The van der Waals surface area contributed by atoms with Crippen molar-refractivity contribution in [3.63, 3.8) is 0 Å². The van der Waals surface area contributed by atoms with Crippen LogP contribution in [0.1, 0.15) is 18.4 Å². The molecular weight excluding hydrogens is 272 g/mol. The number of nitro benzene ring substituents is 1. The minimum absolute atomic E-state index is 0.0464. The van der Waals surface area contributed by atoms with E-state index >= 15 is 0 Å². The monoisotopic (exact) mass is 292 g/mol. The summed E-state index contributed by atoms with van der Waals surface area (Å²) in [6, 6.07) is 3.23. The lowest BCUT2D eigenvalue weighted by Crippen LogP contribution is -2.20. The summed E-state index contributed by atoms with van der Waals surface area (Å²) in [6.07, 6.45) is 1.80. The summed E-state index contributed by atoms with van der Waals surface area (Å²) in [6.45, 7) is 1.55. The number of nitrogens with one attached hydrogen (secondary N) is 2. The van der Waals surface area contributed by atoms with Crippen LogP contribution in [0.4, 0.5) is 17.1 Å². The molecule has 0 spiro atoms. The van der Waals surface area contributed by atoms with Crippen molar-refractivity contribution in [1.29, 1.82) is 0 Å². The summed E-state index contributed by atoms with van der Waals surface area (Å²) in [5.74, 6) is -0.0464. The van der Waals surface area contributed by atoms with Crippen molar-refractivity contribution in [2.24, 2.45) is 0 Å². The number of carbonyl (C=O) groups excluding carboxylic acids is 1. The quantitative estimate of drug-likeness (QED) is 0.474. The van der Waals surface area contributed by atoms with Gasteiger partial charge in [-0.1, -0.05) is 0 Å². The molecule has 0 radical (unpaired) electrons. The number of hydrogen-bond acceptors (Lipinski definition) is 5. The normalized spacial score (nSPS) is 13.8. The molecule has 0 saturated carbocycles. The molecular formula is C14H20N4O3. The Labute approximate surface area is 123 Å². The van der Waals surface area contributed by atoms with Crippen LogP contribution < -0.4 is 10.6 Å². The van der Waals surface area contributed by atoms with Gasteiger partial charge in [-0.25, -0.2) is 0 Å². The number of nitrogens with zero attached hydrogens (tertiary/aromatic N) is 2. The van der Waals surface area contributed by atoms with Crippen molar-refractivity contribution in [2.75, 3.05) is 37.8 Å². The first kappa shape index (κ1) is 15.2. The van der Waals surface area contributed by atoms with E-state index in [2.05, 4.69) is 15.5 Å². The zero-order chi connectivity index (χ0) is 15.4. The van der Waals surface area contributed by atoms with Crippen LogP contribution in [-0.2, 0) is 11.2 Å². The van der Waals surface area contributed by atoms with E-state index in [0.29, 0.717) is 30.8 Å². The van der Waals surface area contributed by atoms with Gasteiger partial charge in [0.05, 0.1) is 4.92 Å². The van der Waals surface area contributed by atoms with Gasteiger partial charge in [0, 0.05) is 24.7 Å². The molecule has 0 fully saturated rings. The van der Waals surface area contributed by atoms with Crippen molar-refractivity contribution in [1.82, 2.24) is 4.90 Å². The highest BCUT2D eigenvalue weighted by atomic mass is 16.6. The van der Waals surface area contributed by atoms with Crippen molar-refractivity contribution >= 4 is 23.0 Å². The Hall–Kier alpha value is -2.15. The van der Waals surface area contributed by atoms with Crippen LogP contribution in [0.5, 0.6) is 0 Å². The molecule has 0 unspecified atom stereocenters. The second-order valence-electron chi connectivity index (χ2n) is 5.42. The van der Waals surface area contributed by atoms with Gasteiger partial charge < -0.3 is 15.5 Å². The molecule has 21 heavy (non-hydrogen) atoms. The first-order valence-electron chi connectivity index (χ1n) is 6.97. The fraction of sp³-hybridized carbons (Fsp3) is 0.500. The third-order valence-corrected chi connectivity index (χ3v) is 3.41. The number of aryl methyl sites for hydroxylation is 1. The lowest BCUT2D eigenvalue weighted by Gasteiger charge is -2.18. The van der Waals surface area contributed by atoms with E-state index in [0.717, 1.165) is 18.5 Å². The number of benzene rings is 1. The van der Waals surface area contributed by atoms with Crippen molar-refractivity contribution < 1.29 is 9.72 Å². The van der Waals surface area contributed by atoms with Gasteiger partial charge in [0.25, 0.3) is 5.69 Å². The number of fused-ring (bicyclic) bond motifs is 1. The first-order valence-corrected chi connectivity index (χ1v) is 6.97. The topological polar surface area (TPSA) is 87.5 Å². The second-order valence-corrected chi connectivity index (χ2v) is 5.42. The van der Waals surface area contributed by atoms with Gasteiger partial charge in [-0.05, 0) is 45.1 Å². The Morgan fingerprint density at radius 1 is 1.38 bits per heavy atom. The molecule has 0 atom stereocenters. The van der Waals surface area contributed by atoms with Gasteiger partial charge in [-0.2, -0.15) is 0 Å². The third kappa shape index (κ3) is 3.91. The molecule has 1 aromatic carbocycles. The molecule has 0 saturated heterocycles. The molecule has 1 heterocycles. The highest BCUT2D eigenvalue weighted by Crippen LogP contribution is 2.34. The minimum Gasteiger partial charge on any atom is -0.379 e. The highest BCUT2D eigenvalue weighted by Gasteiger charge is 2.22. The van der Waals surface area contributed by atoms with Crippen LogP contribution in [0.3, 0.4) is 0 Å². The Balaban J connectivity index is 2.16. The summed E-state index contributed by atoms with van der Waals surface area (Å²) in [5, 5.41) is 17.0. The van der Waals surface area contributed by atoms with Crippen LogP contribution in [0.15, 0.2) is 12.1 Å². The number of rotatable bonds is 6. The number of carbonyl (C=O) groups is 1. The maximum Gasteiger partial charge on any atom is 0.292 e. The summed E-state index contributed by atoms with van der Waals surface area (Å²) in [5.41, 5.74) is 2.02. The molecule has 0 aliphatic carbocycles. The van der Waals surface area contributed by atoms with Crippen LogP contribution >= 0.6 is 0 Å². The molecule has 2 N–H and O–H groups in total. The van der Waals surface area contributed by atoms with Gasteiger partial charge in [-0.15, -0.1) is 0 Å². The molecule has 1 aliphatic heterocycles. The smallest absolute Gasteiger partial charge is 0.292 e. The van der Waals surface area contributed by atoms with Gasteiger partial charge >= 0.3 is 0 Å². The first-order chi connectivity index (χ1) is 9.97. The lowest BCUT2D eigenvalue weighted by atomic mass is 10.0. The van der Waals surface area contributed by atoms with Crippen LogP contribution in [0, 0.1) is 10.1 Å². The lowest BCUT2D eigenvalue weighted by molar-refractivity contribution is -0.384. The average molecular weight is 292 g/mol. The minimum atomic E-state index is -0.384. The molecule has 7 heteroatoms. The second kappa shape index (κ2) is 6.53. The van der Waals surface area contributed by atoms with E-state index in [4.69, 9.17) is 0 Å². The zero-order valence-corrected chi connectivity index (χ0v) is 12.3. The molecule has 0 aromatic heterocycles. The molecule has 7 nitrogen and oxygen atoms in total. The predicted molar refractivity (Wildman–Crippen MR) is 81.7 cm³/mol. The fourth-order valence-corrected chi connectivity index (χ4v) is 2.33. The van der Waals surface area contributed by atoms with Crippen molar-refractivity contribution in [2.45, 2.75) is 19.3 Å². The SMILES string of the molecule is CN(C)CCCNc1cc2c(cc1[N+](=O)[O-])CCC(=O)N2. The predicted octanol–water partition coefficient (Wildman–Crippen LogP) is 1.84. The van der Waals surface area contributed by atoms with E-state index in [1.54, 1.807) is 12.1 Å². The summed E-state index contributed by atoms with van der Waals surface area (Å²) in [4.78, 5) is 24.3. The van der Waals surface area contributed by atoms with Crippen LogP contribution in [-0.4, -0.2) is 42.9 Å². The van der Waals surface area contributed by atoms with Crippen LogP contribution in [0.2, 0.25) is 0 Å². The standard InChI is InChI=1S/C14H20N4O3/c1-17(2)7-3-6-15-12-9-11-10(4-5-14(19)16-11)8-13(12)18(20)21/h8-9,15H,3-7H2,1-2H3,(H,16,19). The summed E-state index contributed by atoms with van der Waals surface area (Å²) in [7, 11) is 3.97. The van der Waals surface area contributed by atoms with E-state index < -0.39 is 0 Å². The molecule has 2 rings (SSSR count). The Bertz CT molecular complexity index is 557. The number of nitro groups is 1. The van der Waals surface area contributed by atoms with Crippen LogP contribution in [0.25, 0.3) is 0 Å². The van der Waals surface area contributed by atoms with Gasteiger partial charge in [0.2, 0.25) is 5.91 Å². The molecule has 1 aromatic rings. The van der Waals surface area contributed by atoms with Crippen molar-refractivity contribution in [3.05, 3.63) is 27.8 Å². The molecule has 0 bridgehead atoms. The molecule has 1 amide bonds. The Morgan fingerprint density at radius 3 is 2.81 bits per heavy atom. The Kier molecular flexibility index (Phi) is 4.74. The Morgan fingerprint density at radius 2 is 2.14 bits per heavy atom. The number of anilines is 2. The van der Waals surface area contributed by atoms with Gasteiger partial charge in [-0.3, -0.25) is 14.9 Å². The van der Waals surface area contributed by atoms with E-state index in [-0.39, 0.29) is 16.5 Å². The van der Waals surface area contributed by atoms with E-state index in [9.17, 15) is 14.9 Å². The summed E-state index contributed by atoms with van der Waals surface area (Å²) >= 11 is 0. The van der Waals surface area contributed by atoms with Crippen molar-refractivity contribution in [3.8, 4) is 0 Å². The molecule has 1 aliphatic rings. The maximum absolute atomic E-state index is 11.4. The molecule has 114 valence electrons. The van der Waals surface area contributed by atoms with Gasteiger partial charge in [0.1, 0.15) is 5.69 Å². The van der Waals surface area contributed by atoms with Gasteiger partial charge in [0.15, 0.2) is 0 Å². The largest absolute Gasteiger partial charge is 0.379 e. The zero-order valence-electron chi connectivity index (χ0n) is 12.3. The number of hydrogen-bond donors (Lipinski definition) is 2. The summed E-state index contributed by atoms with van der Waals surface area (Å²) < 4.78 is 0. The van der Waals surface area contributed by atoms with E-state index in [1.807, 2.05) is 14.1 Å². The maximum atomic E-state index is 11.4. The fourth-order valence-electron chi connectivity index (χ4n) is 2.33. The highest BCUT2D eigenvalue weighted by molar-refractivity contribution is 5.95.